The van der Waals surface area contributed by atoms with Gasteiger partial charge in [-0.1, -0.05) is 5.16 Å². The lowest BCUT2D eigenvalue weighted by atomic mass is 10.2. The monoisotopic (exact) mass is 341 g/mol. The van der Waals surface area contributed by atoms with Crippen molar-refractivity contribution >= 4 is 5.91 Å². The Morgan fingerprint density at radius 1 is 1.33 bits per heavy atom. The number of rotatable bonds is 3. The van der Waals surface area contributed by atoms with Crippen LogP contribution in [0.5, 0.6) is 5.75 Å². The van der Waals surface area contributed by atoms with Crippen LogP contribution in [0.15, 0.2) is 28.8 Å². The predicted molar refractivity (Wildman–Crippen MR) is 76.0 cm³/mol. The van der Waals surface area contributed by atoms with Gasteiger partial charge in [-0.15, -0.1) is 0 Å². The van der Waals surface area contributed by atoms with Gasteiger partial charge in [-0.2, -0.15) is 18.2 Å². The van der Waals surface area contributed by atoms with Gasteiger partial charge in [0.05, 0.1) is 6.54 Å². The number of alkyl halides is 3. The van der Waals surface area contributed by atoms with Crippen molar-refractivity contribution in [3.63, 3.8) is 0 Å². The molecule has 2 heterocycles. The minimum atomic E-state index is -4.67. The van der Waals surface area contributed by atoms with E-state index in [0.29, 0.717) is 24.4 Å². The molecule has 3 rings (SSSR count). The molecular weight excluding hydrogens is 327 g/mol. The van der Waals surface area contributed by atoms with Crippen molar-refractivity contribution in [2.24, 2.45) is 0 Å². The van der Waals surface area contributed by atoms with Crippen LogP contribution in [0.25, 0.3) is 11.4 Å². The summed E-state index contributed by atoms with van der Waals surface area (Å²) in [6, 6.07) is 6.35. The zero-order chi connectivity index (χ0) is 17.3. The second kappa shape index (κ2) is 6.14. The highest BCUT2D eigenvalue weighted by atomic mass is 19.4. The Kier molecular flexibility index (Phi) is 4.16. The molecule has 1 aliphatic rings. The molecule has 1 saturated heterocycles. The lowest BCUT2D eigenvalue weighted by molar-refractivity contribution is -0.159. The molecule has 1 aromatic heterocycles. The molecule has 2 aromatic rings. The first kappa shape index (κ1) is 16.3. The van der Waals surface area contributed by atoms with Crippen LogP contribution in [-0.4, -0.2) is 40.1 Å². The van der Waals surface area contributed by atoms with Crippen LogP contribution in [0.3, 0.4) is 0 Å². The van der Waals surface area contributed by atoms with E-state index in [1.54, 1.807) is 29.2 Å². The van der Waals surface area contributed by atoms with E-state index in [4.69, 9.17) is 4.74 Å². The molecule has 0 spiro atoms. The summed E-state index contributed by atoms with van der Waals surface area (Å²) in [5.74, 6) is -0.951. The Hall–Kier alpha value is -2.58. The molecular formula is C15H14F3N3O3. The maximum Gasteiger partial charge on any atom is 0.471 e. The Morgan fingerprint density at radius 2 is 2.04 bits per heavy atom. The van der Waals surface area contributed by atoms with E-state index in [9.17, 15) is 18.0 Å². The van der Waals surface area contributed by atoms with E-state index in [-0.39, 0.29) is 17.8 Å². The summed E-state index contributed by atoms with van der Waals surface area (Å²) in [6.07, 6.45) is -4.03. The van der Waals surface area contributed by atoms with Gasteiger partial charge >= 0.3 is 12.1 Å². The molecule has 0 N–H and O–H groups in total. The molecule has 9 heteroatoms. The van der Waals surface area contributed by atoms with Crippen molar-refractivity contribution in [3.05, 3.63) is 30.2 Å². The molecule has 24 heavy (non-hydrogen) atoms. The van der Waals surface area contributed by atoms with E-state index in [1.807, 2.05) is 0 Å². The van der Waals surface area contributed by atoms with Gasteiger partial charge in [-0.05, 0) is 24.3 Å². The molecule has 1 aliphatic heterocycles. The van der Waals surface area contributed by atoms with Crippen LogP contribution < -0.4 is 4.74 Å². The summed E-state index contributed by atoms with van der Waals surface area (Å²) in [5.41, 5.74) is 0.387. The minimum absolute atomic E-state index is 0.00835. The Morgan fingerprint density at radius 3 is 2.58 bits per heavy atom. The lowest BCUT2D eigenvalue weighted by Crippen LogP contribution is -2.28. The van der Waals surface area contributed by atoms with Gasteiger partial charge < -0.3 is 14.2 Å². The van der Waals surface area contributed by atoms with Crippen LogP contribution >= 0.6 is 0 Å². The number of carbonyl (C=O) groups is 1. The van der Waals surface area contributed by atoms with Gasteiger partial charge in [0.25, 0.3) is 0 Å². The Bertz CT molecular complexity index is 728. The zero-order valence-electron chi connectivity index (χ0n) is 12.7. The van der Waals surface area contributed by atoms with Crippen molar-refractivity contribution in [2.45, 2.75) is 25.6 Å². The zero-order valence-corrected chi connectivity index (χ0v) is 12.7. The quantitative estimate of drug-likeness (QED) is 0.859. The first-order valence-corrected chi connectivity index (χ1v) is 7.26. The highest BCUT2D eigenvalue weighted by Gasteiger charge is 2.38. The van der Waals surface area contributed by atoms with E-state index in [2.05, 4.69) is 14.7 Å². The summed E-state index contributed by atoms with van der Waals surface area (Å²) in [6.45, 7) is 2.69. The number of nitrogens with zero attached hydrogens (tertiary/aromatic N) is 3. The van der Waals surface area contributed by atoms with E-state index in [0.717, 1.165) is 6.42 Å². The van der Waals surface area contributed by atoms with Crippen molar-refractivity contribution in [3.8, 4) is 17.1 Å². The number of carbonyl (C=O) groups excluding carboxylic acids is 1. The second-order valence-corrected chi connectivity index (χ2v) is 5.44. The molecule has 1 fully saturated rings. The molecule has 0 radical (unpaired) electrons. The number of aromatic nitrogens is 2. The number of amides is 1. The average Bonchev–Trinajstić information content (AvgIpc) is 3.16. The lowest BCUT2D eigenvalue weighted by Gasteiger charge is -2.15. The summed E-state index contributed by atoms with van der Waals surface area (Å²) in [7, 11) is 0. The first-order chi connectivity index (χ1) is 11.3. The molecule has 1 aromatic carbocycles. The SMILES string of the molecule is CC(=O)N1CCC(Oc2ccc(-c3noc(C(F)(F)F)n3)cc2)C1. The highest BCUT2D eigenvalue weighted by Crippen LogP contribution is 2.30. The number of ether oxygens (including phenoxy) is 1. The highest BCUT2D eigenvalue weighted by molar-refractivity contribution is 5.73. The number of halogens is 3. The van der Waals surface area contributed by atoms with Crippen molar-refractivity contribution in [1.82, 2.24) is 15.0 Å². The molecule has 128 valence electrons. The summed E-state index contributed by atoms with van der Waals surface area (Å²) < 4.78 is 47.3. The third-order valence-electron chi connectivity index (χ3n) is 3.67. The molecule has 0 aliphatic carbocycles. The normalized spacial score (nSPS) is 18.0. The van der Waals surface area contributed by atoms with E-state index >= 15 is 0 Å². The molecule has 0 saturated carbocycles. The van der Waals surface area contributed by atoms with Crippen LogP contribution in [0.2, 0.25) is 0 Å². The number of hydrogen-bond donors (Lipinski definition) is 0. The molecule has 1 atom stereocenters. The number of benzene rings is 1. The molecule has 0 bridgehead atoms. The fourth-order valence-electron chi connectivity index (χ4n) is 2.44. The summed E-state index contributed by atoms with van der Waals surface area (Å²) >= 11 is 0. The maximum atomic E-state index is 12.5. The van der Waals surface area contributed by atoms with E-state index in [1.165, 1.54) is 6.92 Å². The van der Waals surface area contributed by atoms with Crippen molar-refractivity contribution in [1.29, 1.82) is 0 Å². The molecule has 1 amide bonds. The van der Waals surface area contributed by atoms with Crippen LogP contribution in [0.1, 0.15) is 19.2 Å². The van der Waals surface area contributed by atoms with Gasteiger partial charge in [-0.25, -0.2) is 0 Å². The fraction of sp³-hybridized carbons (Fsp3) is 0.400. The Balaban J connectivity index is 1.66. The topological polar surface area (TPSA) is 68.5 Å². The maximum absolute atomic E-state index is 12.5. The van der Waals surface area contributed by atoms with Crippen molar-refractivity contribution < 1.29 is 27.2 Å². The predicted octanol–water partition coefficient (Wildman–Crippen LogP) is 2.76. The summed E-state index contributed by atoms with van der Waals surface area (Å²) in [4.78, 5) is 16.3. The van der Waals surface area contributed by atoms with E-state index < -0.39 is 12.1 Å². The third kappa shape index (κ3) is 3.50. The third-order valence-corrected chi connectivity index (χ3v) is 3.67. The number of hydrogen-bond acceptors (Lipinski definition) is 5. The van der Waals surface area contributed by atoms with Crippen LogP contribution in [-0.2, 0) is 11.0 Å². The van der Waals surface area contributed by atoms with Gasteiger partial charge in [0, 0.05) is 25.5 Å². The average molecular weight is 341 g/mol. The molecule has 1 unspecified atom stereocenters. The van der Waals surface area contributed by atoms with Crippen LogP contribution in [0.4, 0.5) is 13.2 Å². The first-order valence-electron chi connectivity index (χ1n) is 7.26. The Labute approximate surface area is 135 Å². The second-order valence-electron chi connectivity index (χ2n) is 5.44. The van der Waals surface area contributed by atoms with Gasteiger partial charge in [-0.3, -0.25) is 4.79 Å². The van der Waals surface area contributed by atoms with Gasteiger partial charge in [0.1, 0.15) is 11.9 Å². The number of likely N-dealkylation sites (tertiary alicyclic amines) is 1. The molecule has 6 nitrogen and oxygen atoms in total. The fourth-order valence-corrected chi connectivity index (χ4v) is 2.44. The largest absolute Gasteiger partial charge is 0.489 e. The van der Waals surface area contributed by atoms with Gasteiger partial charge in [0.2, 0.25) is 11.7 Å². The van der Waals surface area contributed by atoms with Crippen LogP contribution in [0, 0.1) is 0 Å². The summed E-state index contributed by atoms with van der Waals surface area (Å²) in [5, 5.41) is 3.32. The van der Waals surface area contributed by atoms with Crippen molar-refractivity contribution in [2.75, 3.05) is 13.1 Å². The smallest absolute Gasteiger partial charge is 0.471 e. The minimum Gasteiger partial charge on any atom is -0.489 e. The standard InChI is InChI=1S/C15H14F3N3O3/c1-9(22)21-7-6-12(8-21)23-11-4-2-10(3-5-11)13-19-14(24-20-13)15(16,17)18/h2-5,12H,6-8H2,1H3. The van der Waals surface area contributed by atoms with Gasteiger partial charge in [0.15, 0.2) is 0 Å².